The van der Waals surface area contributed by atoms with Gasteiger partial charge in [-0.3, -0.25) is 14.5 Å². The van der Waals surface area contributed by atoms with Gasteiger partial charge in [0.1, 0.15) is 5.82 Å². The number of likely N-dealkylation sites (tertiary alicyclic amines) is 1. The molecule has 0 saturated carbocycles. The average molecular weight is 350 g/mol. The molecule has 25 heavy (non-hydrogen) atoms. The van der Waals surface area contributed by atoms with E-state index in [1.54, 1.807) is 17.9 Å². The number of carbonyl (C=O) groups excluding carboxylic acids is 2. The number of likely N-dealkylation sites (N-methyl/N-ethyl adjacent to an activating group) is 1. The number of esters is 1. The normalized spacial score (nSPS) is 18.0. The first kappa shape index (κ1) is 19.4. The van der Waals surface area contributed by atoms with Gasteiger partial charge in [-0.25, -0.2) is 4.39 Å². The number of rotatable bonds is 7. The highest BCUT2D eigenvalue weighted by Gasteiger charge is 2.28. The van der Waals surface area contributed by atoms with Crippen LogP contribution in [0.3, 0.4) is 0 Å². The molecule has 0 N–H and O–H groups in total. The van der Waals surface area contributed by atoms with Crippen molar-refractivity contribution in [1.29, 1.82) is 0 Å². The molecule has 1 aliphatic heterocycles. The molecular weight excluding hydrogens is 323 g/mol. The fraction of sp³-hybridized carbons (Fsp3) is 0.579. The molecule has 0 aliphatic carbocycles. The molecule has 1 unspecified atom stereocenters. The van der Waals surface area contributed by atoms with Gasteiger partial charge in [-0.15, -0.1) is 0 Å². The van der Waals surface area contributed by atoms with E-state index in [2.05, 4.69) is 0 Å². The van der Waals surface area contributed by atoms with Crippen LogP contribution in [-0.4, -0.2) is 54.5 Å². The Hall–Kier alpha value is -1.95. The first-order valence-electron chi connectivity index (χ1n) is 8.94. The number of piperidine rings is 1. The third-order valence-corrected chi connectivity index (χ3v) is 4.48. The van der Waals surface area contributed by atoms with Crippen LogP contribution in [0.2, 0.25) is 0 Å². The molecule has 1 amide bonds. The van der Waals surface area contributed by atoms with Crippen LogP contribution >= 0.6 is 0 Å². The largest absolute Gasteiger partial charge is 0.466 e. The highest BCUT2D eigenvalue weighted by Crippen LogP contribution is 2.18. The van der Waals surface area contributed by atoms with Crippen LogP contribution in [0.1, 0.15) is 32.3 Å². The molecule has 1 heterocycles. The smallest absolute Gasteiger partial charge is 0.310 e. The molecule has 138 valence electrons. The van der Waals surface area contributed by atoms with E-state index < -0.39 is 0 Å². The van der Waals surface area contributed by atoms with Crippen molar-refractivity contribution >= 4 is 11.9 Å². The average Bonchev–Trinajstić information content (AvgIpc) is 2.60. The Morgan fingerprint density at radius 1 is 1.36 bits per heavy atom. The van der Waals surface area contributed by atoms with Crippen molar-refractivity contribution in [2.24, 2.45) is 5.92 Å². The summed E-state index contributed by atoms with van der Waals surface area (Å²) < 4.78 is 18.4. The second kappa shape index (κ2) is 9.51. The maximum absolute atomic E-state index is 13.3. The zero-order valence-corrected chi connectivity index (χ0v) is 15.0. The van der Waals surface area contributed by atoms with Gasteiger partial charge in [0.05, 0.1) is 19.1 Å². The number of nitrogens with zero attached hydrogens (tertiary/aromatic N) is 2. The Bertz CT molecular complexity index is 594. The molecular formula is C19H27FN2O3. The van der Waals surface area contributed by atoms with Crippen molar-refractivity contribution in [3.05, 3.63) is 35.6 Å². The molecule has 0 aromatic heterocycles. The van der Waals surface area contributed by atoms with Crippen molar-refractivity contribution in [1.82, 2.24) is 9.80 Å². The fourth-order valence-electron chi connectivity index (χ4n) is 3.17. The molecule has 6 heteroatoms. The van der Waals surface area contributed by atoms with Crippen LogP contribution in [0.25, 0.3) is 0 Å². The van der Waals surface area contributed by atoms with Gasteiger partial charge in [-0.2, -0.15) is 0 Å². The molecule has 1 aromatic carbocycles. The van der Waals surface area contributed by atoms with Gasteiger partial charge in [0.25, 0.3) is 0 Å². The van der Waals surface area contributed by atoms with Crippen molar-refractivity contribution in [3.63, 3.8) is 0 Å². The Balaban J connectivity index is 1.91. The summed E-state index contributed by atoms with van der Waals surface area (Å²) in [6, 6.07) is 6.31. The summed E-state index contributed by atoms with van der Waals surface area (Å²) in [6.45, 7) is 6.68. The molecule has 2 rings (SSSR count). The lowest BCUT2D eigenvalue weighted by Gasteiger charge is -2.32. The Labute approximate surface area is 148 Å². The topological polar surface area (TPSA) is 49.9 Å². The minimum Gasteiger partial charge on any atom is -0.466 e. The van der Waals surface area contributed by atoms with Crippen molar-refractivity contribution < 1.29 is 18.7 Å². The standard InChI is InChI=1S/C19H27FN2O3/c1-3-22(12-15-7-5-9-17(20)11-15)18(23)14-21-10-6-8-16(13-21)19(24)25-4-2/h5,7,9,11,16H,3-4,6,8,10,12-14H2,1-2H3. The maximum Gasteiger partial charge on any atom is 0.310 e. The molecule has 0 bridgehead atoms. The van der Waals surface area contributed by atoms with E-state index in [4.69, 9.17) is 4.74 Å². The first-order valence-corrected chi connectivity index (χ1v) is 8.94. The summed E-state index contributed by atoms with van der Waals surface area (Å²) in [4.78, 5) is 28.2. The molecule has 1 fully saturated rings. The van der Waals surface area contributed by atoms with Gasteiger partial charge in [0.2, 0.25) is 5.91 Å². The molecule has 1 atom stereocenters. The number of hydrogen-bond donors (Lipinski definition) is 0. The molecule has 0 spiro atoms. The summed E-state index contributed by atoms with van der Waals surface area (Å²) in [6.07, 6.45) is 1.69. The highest BCUT2D eigenvalue weighted by molar-refractivity contribution is 5.78. The van der Waals surface area contributed by atoms with Gasteiger partial charge >= 0.3 is 5.97 Å². The molecule has 5 nitrogen and oxygen atoms in total. The van der Waals surface area contributed by atoms with Crippen molar-refractivity contribution in [2.75, 3.05) is 32.8 Å². The van der Waals surface area contributed by atoms with E-state index in [0.717, 1.165) is 24.9 Å². The molecule has 0 radical (unpaired) electrons. The van der Waals surface area contributed by atoms with Crippen molar-refractivity contribution in [2.45, 2.75) is 33.2 Å². The Kier molecular flexibility index (Phi) is 7.37. The van der Waals surface area contributed by atoms with Gasteiger partial charge in [-0.1, -0.05) is 12.1 Å². The second-order valence-corrected chi connectivity index (χ2v) is 6.36. The Morgan fingerprint density at radius 2 is 2.16 bits per heavy atom. The van der Waals surface area contributed by atoms with Gasteiger partial charge < -0.3 is 9.64 Å². The SMILES string of the molecule is CCOC(=O)C1CCCN(CC(=O)N(CC)Cc2cccc(F)c2)C1. The number of hydrogen-bond acceptors (Lipinski definition) is 4. The van der Waals surface area contributed by atoms with E-state index in [9.17, 15) is 14.0 Å². The zero-order valence-electron chi connectivity index (χ0n) is 15.0. The fourth-order valence-corrected chi connectivity index (χ4v) is 3.17. The molecule has 1 aromatic rings. The minimum absolute atomic E-state index is 0.00345. The summed E-state index contributed by atoms with van der Waals surface area (Å²) in [5, 5.41) is 0. The maximum atomic E-state index is 13.3. The van der Waals surface area contributed by atoms with Crippen LogP contribution in [0.15, 0.2) is 24.3 Å². The highest BCUT2D eigenvalue weighted by atomic mass is 19.1. The third-order valence-electron chi connectivity index (χ3n) is 4.48. The lowest BCUT2D eigenvalue weighted by Crippen LogP contribution is -2.45. The second-order valence-electron chi connectivity index (χ2n) is 6.36. The summed E-state index contributed by atoms with van der Waals surface area (Å²) in [5.41, 5.74) is 0.776. The van der Waals surface area contributed by atoms with E-state index in [1.165, 1.54) is 12.1 Å². The summed E-state index contributed by atoms with van der Waals surface area (Å²) in [7, 11) is 0. The number of benzene rings is 1. The predicted octanol–water partition coefficient (Wildman–Crippen LogP) is 2.45. The monoisotopic (exact) mass is 350 g/mol. The molecule has 1 saturated heterocycles. The van der Waals surface area contributed by atoms with Crippen LogP contribution < -0.4 is 0 Å². The quantitative estimate of drug-likeness (QED) is 0.709. The lowest BCUT2D eigenvalue weighted by atomic mass is 9.98. The zero-order chi connectivity index (χ0) is 18.2. The van der Waals surface area contributed by atoms with E-state index in [1.807, 2.05) is 17.9 Å². The van der Waals surface area contributed by atoms with Crippen LogP contribution in [0.5, 0.6) is 0 Å². The van der Waals surface area contributed by atoms with Gasteiger partial charge in [0, 0.05) is 19.6 Å². The predicted molar refractivity (Wildman–Crippen MR) is 93.3 cm³/mol. The number of ether oxygens (including phenoxy) is 1. The van der Waals surface area contributed by atoms with Gasteiger partial charge in [-0.05, 0) is 50.9 Å². The summed E-state index contributed by atoms with van der Waals surface area (Å²) in [5.74, 6) is -0.628. The van der Waals surface area contributed by atoms with Crippen LogP contribution in [-0.2, 0) is 20.9 Å². The van der Waals surface area contributed by atoms with Crippen LogP contribution in [0.4, 0.5) is 4.39 Å². The van der Waals surface area contributed by atoms with E-state index in [0.29, 0.717) is 26.2 Å². The number of carbonyl (C=O) groups is 2. The third kappa shape index (κ3) is 5.81. The number of amides is 1. The Morgan fingerprint density at radius 3 is 2.84 bits per heavy atom. The number of halogens is 1. The van der Waals surface area contributed by atoms with Gasteiger partial charge in [0.15, 0.2) is 0 Å². The first-order chi connectivity index (χ1) is 12.0. The van der Waals surface area contributed by atoms with E-state index in [-0.39, 0.29) is 30.2 Å². The molecule has 1 aliphatic rings. The van der Waals surface area contributed by atoms with E-state index >= 15 is 0 Å². The lowest BCUT2D eigenvalue weighted by molar-refractivity contribution is -0.150. The van der Waals surface area contributed by atoms with Crippen molar-refractivity contribution in [3.8, 4) is 0 Å². The van der Waals surface area contributed by atoms with Crippen LogP contribution in [0, 0.1) is 11.7 Å². The minimum atomic E-state index is -0.297. The summed E-state index contributed by atoms with van der Waals surface area (Å²) >= 11 is 0.